The van der Waals surface area contributed by atoms with Gasteiger partial charge in [-0.3, -0.25) is 5.10 Å². The predicted molar refractivity (Wildman–Crippen MR) is 50.0 cm³/mol. The van der Waals surface area contributed by atoms with E-state index in [1.807, 2.05) is 0 Å². The van der Waals surface area contributed by atoms with Crippen molar-refractivity contribution in [3.8, 4) is 0 Å². The fourth-order valence-electron chi connectivity index (χ4n) is 1.99. The van der Waals surface area contributed by atoms with E-state index >= 15 is 0 Å². The average molecular weight is 180 g/mol. The monoisotopic (exact) mass is 180 g/mol. The summed E-state index contributed by atoms with van der Waals surface area (Å²) in [5, 5.41) is 10.2. The van der Waals surface area contributed by atoms with Crippen LogP contribution in [0.15, 0.2) is 6.33 Å². The minimum atomic E-state index is 0.671. The van der Waals surface area contributed by atoms with Crippen LogP contribution >= 0.6 is 0 Å². The fourth-order valence-corrected chi connectivity index (χ4v) is 1.99. The molecule has 0 saturated heterocycles. The Hall–Kier alpha value is -0.900. The molecule has 13 heavy (non-hydrogen) atoms. The van der Waals surface area contributed by atoms with E-state index in [0.29, 0.717) is 6.04 Å². The summed E-state index contributed by atoms with van der Waals surface area (Å²) >= 11 is 0. The lowest BCUT2D eigenvalue weighted by Crippen LogP contribution is -2.30. The van der Waals surface area contributed by atoms with E-state index in [4.69, 9.17) is 0 Å². The maximum absolute atomic E-state index is 4.07. The van der Waals surface area contributed by atoms with Crippen molar-refractivity contribution < 1.29 is 0 Å². The quantitative estimate of drug-likeness (QED) is 0.732. The molecule has 0 aromatic carbocycles. The number of rotatable bonds is 3. The molecule has 0 spiro atoms. The molecule has 1 saturated carbocycles. The minimum absolute atomic E-state index is 0.671. The third-order valence-electron chi connectivity index (χ3n) is 2.86. The summed E-state index contributed by atoms with van der Waals surface area (Å²) in [4.78, 5) is 4.07. The fraction of sp³-hybridized carbons (Fsp3) is 0.778. The van der Waals surface area contributed by atoms with E-state index < -0.39 is 0 Å². The minimum Gasteiger partial charge on any atom is -0.307 e. The van der Waals surface area contributed by atoms with Crippen LogP contribution in [0.1, 0.15) is 32.0 Å². The molecule has 2 unspecified atom stereocenters. The summed E-state index contributed by atoms with van der Waals surface area (Å²) in [5.41, 5.74) is 0. The van der Waals surface area contributed by atoms with E-state index in [1.165, 1.54) is 19.3 Å². The molecule has 4 heteroatoms. The number of nitrogens with zero attached hydrogens (tertiary/aromatic N) is 2. The number of H-pyrrole nitrogens is 1. The highest BCUT2D eigenvalue weighted by molar-refractivity contribution is 4.84. The molecule has 0 aliphatic heterocycles. The van der Waals surface area contributed by atoms with Crippen molar-refractivity contribution >= 4 is 0 Å². The SMILES string of the molecule is CC1CCCC1NCc1ncn[nH]1. The first kappa shape index (κ1) is 8.69. The molecular formula is C9H16N4. The Morgan fingerprint density at radius 2 is 2.54 bits per heavy atom. The van der Waals surface area contributed by atoms with Crippen molar-refractivity contribution in [1.82, 2.24) is 20.5 Å². The van der Waals surface area contributed by atoms with Gasteiger partial charge in [0.1, 0.15) is 12.2 Å². The van der Waals surface area contributed by atoms with Gasteiger partial charge in [0.15, 0.2) is 0 Å². The molecule has 1 aliphatic rings. The summed E-state index contributed by atoms with van der Waals surface area (Å²) in [6.45, 7) is 3.13. The molecule has 4 nitrogen and oxygen atoms in total. The lowest BCUT2D eigenvalue weighted by atomic mass is 10.1. The zero-order chi connectivity index (χ0) is 9.10. The van der Waals surface area contributed by atoms with Crippen LogP contribution < -0.4 is 5.32 Å². The van der Waals surface area contributed by atoms with Gasteiger partial charge < -0.3 is 5.32 Å². The van der Waals surface area contributed by atoms with E-state index in [-0.39, 0.29) is 0 Å². The summed E-state index contributed by atoms with van der Waals surface area (Å²) in [5.74, 6) is 1.74. The largest absolute Gasteiger partial charge is 0.307 e. The van der Waals surface area contributed by atoms with Gasteiger partial charge in [0, 0.05) is 6.04 Å². The molecule has 1 heterocycles. The van der Waals surface area contributed by atoms with Crippen LogP contribution in [-0.2, 0) is 6.54 Å². The summed E-state index contributed by atoms with van der Waals surface area (Å²) in [6.07, 6.45) is 5.56. The second kappa shape index (κ2) is 3.87. The van der Waals surface area contributed by atoms with Crippen LogP contribution in [0.25, 0.3) is 0 Å². The van der Waals surface area contributed by atoms with Crippen LogP contribution in [0.3, 0.4) is 0 Å². The van der Waals surface area contributed by atoms with E-state index in [2.05, 4.69) is 27.4 Å². The van der Waals surface area contributed by atoms with Gasteiger partial charge in [-0.1, -0.05) is 13.3 Å². The second-order valence-electron chi connectivity index (χ2n) is 3.83. The zero-order valence-electron chi connectivity index (χ0n) is 7.95. The van der Waals surface area contributed by atoms with Crippen LogP contribution in [-0.4, -0.2) is 21.2 Å². The predicted octanol–water partition coefficient (Wildman–Crippen LogP) is 1.08. The van der Waals surface area contributed by atoms with E-state index in [1.54, 1.807) is 6.33 Å². The van der Waals surface area contributed by atoms with Gasteiger partial charge in [0.25, 0.3) is 0 Å². The highest BCUT2D eigenvalue weighted by Crippen LogP contribution is 2.24. The van der Waals surface area contributed by atoms with Crippen molar-refractivity contribution in [2.45, 2.75) is 38.8 Å². The Balaban J connectivity index is 1.79. The highest BCUT2D eigenvalue weighted by Gasteiger charge is 2.22. The highest BCUT2D eigenvalue weighted by atomic mass is 15.2. The summed E-state index contributed by atoms with van der Waals surface area (Å²) in [6, 6.07) is 0.671. The van der Waals surface area contributed by atoms with Crippen LogP contribution in [0, 0.1) is 5.92 Å². The Labute approximate surface area is 78.1 Å². The second-order valence-corrected chi connectivity index (χ2v) is 3.83. The molecule has 1 aliphatic carbocycles. The van der Waals surface area contributed by atoms with Gasteiger partial charge in [-0.2, -0.15) is 5.10 Å². The third-order valence-corrected chi connectivity index (χ3v) is 2.86. The van der Waals surface area contributed by atoms with Gasteiger partial charge in [-0.25, -0.2) is 4.98 Å². The molecule has 72 valence electrons. The third kappa shape index (κ3) is 2.06. The number of hydrogen-bond donors (Lipinski definition) is 2. The molecule has 1 aromatic heterocycles. The maximum atomic E-state index is 4.07. The van der Waals surface area contributed by atoms with Gasteiger partial charge in [0.05, 0.1) is 6.54 Å². The topological polar surface area (TPSA) is 53.6 Å². The normalized spacial score (nSPS) is 28.1. The van der Waals surface area contributed by atoms with Crippen molar-refractivity contribution in [2.75, 3.05) is 0 Å². The smallest absolute Gasteiger partial charge is 0.138 e. The lowest BCUT2D eigenvalue weighted by Gasteiger charge is -2.15. The van der Waals surface area contributed by atoms with E-state index in [9.17, 15) is 0 Å². The Bertz CT molecular complexity index is 244. The number of nitrogens with one attached hydrogen (secondary N) is 2. The van der Waals surface area contributed by atoms with Crippen molar-refractivity contribution in [3.05, 3.63) is 12.2 Å². The van der Waals surface area contributed by atoms with Crippen LogP contribution in [0.5, 0.6) is 0 Å². The Morgan fingerprint density at radius 3 is 3.15 bits per heavy atom. The summed E-state index contributed by atoms with van der Waals surface area (Å²) < 4.78 is 0. The Morgan fingerprint density at radius 1 is 1.62 bits per heavy atom. The first-order valence-corrected chi connectivity index (χ1v) is 4.94. The zero-order valence-corrected chi connectivity index (χ0v) is 7.95. The molecule has 0 amide bonds. The van der Waals surface area contributed by atoms with E-state index in [0.717, 1.165) is 18.3 Å². The van der Waals surface area contributed by atoms with Gasteiger partial charge in [0.2, 0.25) is 0 Å². The van der Waals surface area contributed by atoms with Gasteiger partial charge in [-0.15, -0.1) is 0 Å². The van der Waals surface area contributed by atoms with Crippen molar-refractivity contribution in [1.29, 1.82) is 0 Å². The number of aromatic amines is 1. The molecule has 2 atom stereocenters. The molecule has 1 aromatic rings. The molecule has 2 N–H and O–H groups in total. The van der Waals surface area contributed by atoms with Crippen LogP contribution in [0.2, 0.25) is 0 Å². The molecule has 2 rings (SSSR count). The first-order chi connectivity index (χ1) is 6.36. The molecule has 0 radical (unpaired) electrons. The first-order valence-electron chi connectivity index (χ1n) is 4.94. The average Bonchev–Trinajstić information content (AvgIpc) is 2.72. The van der Waals surface area contributed by atoms with Crippen molar-refractivity contribution in [3.63, 3.8) is 0 Å². The number of hydrogen-bond acceptors (Lipinski definition) is 3. The molecule has 1 fully saturated rings. The molecular weight excluding hydrogens is 164 g/mol. The van der Waals surface area contributed by atoms with Gasteiger partial charge in [-0.05, 0) is 18.8 Å². The molecule has 0 bridgehead atoms. The van der Waals surface area contributed by atoms with Crippen LogP contribution in [0.4, 0.5) is 0 Å². The Kier molecular flexibility index (Phi) is 2.59. The standard InChI is InChI=1S/C9H16N4/c1-7-3-2-4-8(7)10-5-9-11-6-12-13-9/h6-8,10H,2-5H2,1H3,(H,11,12,13). The number of aromatic nitrogens is 3. The lowest BCUT2D eigenvalue weighted by molar-refractivity contribution is 0.421. The summed E-state index contributed by atoms with van der Waals surface area (Å²) in [7, 11) is 0. The van der Waals surface area contributed by atoms with Gasteiger partial charge >= 0.3 is 0 Å². The van der Waals surface area contributed by atoms with Crippen molar-refractivity contribution in [2.24, 2.45) is 5.92 Å². The maximum Gasteiger partial charge on any atom is 0.138 e.